The number of benzene rings is 1. The van der Waals surface area contributed by atoms with Crippen molar-refractivity contribution >= 4 is 35.1 Å². The maximum absolute atomic E-state index is 13.0. The van der Waals surface area contributed by atoms with Crippen LogP contribution in [0.4, 0.5) is 0 Å². The zero-order chi connectivity index (χ0) is 29.0. The van der Waals surface area contributed by atoms with Crippen molar-refractivity contribution in [3.05, 3.63) is 29.8 Å². The van der Waals surface area contributed by atoms with Gasteiger partial charge >= 0.3 is 5.97 Å². The molecule has 0 radical (unpaired) electrons. The quantitative estimate of drug-likeness (QED) is 0.120. The molecule has 1 aliphatic heterocycles. The molecule has 40 heavy (non-hydrogen) atoms. The van der Waals surface area contributed by atoms with E-state index in [1.807, 2.05) is 6.07 Å². The largest absolute Gasteiger partial charge is 0.493 e. The topological polar surface area (TPSA) is 97.0 Å². The predicted molar refractivity (Wildman–Crippen MR) is 162 cm³/mol. The molecule has 0 aromatic heterocycles. The van der Waals surface area contributed by atoms with Crippen molar-refractivity contribution in [2.24, 2.45) is 0 Å². The Balaban J connectivity index is 1.78. The van der Waals surface area contributed by atoms with Gasteiger partial charge in [-0.15, -0.1) is 0 Å². The van der Waals surface area contributed by atoms with Crippen LogP contribution in [0.15, 0.2) is 24.3 Å². The fraction of sp³-hybridized carbons (Fsp3) is 0.677. The molecule has 1 aromatic rings. The maximum atomic E-state index is 13.0. The van der Waals surface area contributed by atoms with Crippen LogP contribution in [-0.4, -0.2) is 60.1 Å². The smallest absolute Gasteiger partial charge is 0.308 e. The van der Waals surface area contributed by atoms with Crippen molar-refractivity contribution < 1.29 is 23.9 Å². The third kappa shape index (κ3) is 12.7. The number of thiocarbonyl (C=S) groups is 1. The van der Waals surface area contributed by atoms with Crippen LogP contribution in [-0.2, 0) is 14.3 Å². The zero-order valence-electron chi connectivity index (χ0n) is 24.5. The monoisotopic (exact) mass is 575 g/mol. The summed E-state index contributed by atoms with van der Waals surface area (Å²) in [6.45, 7) is 5.98. The normalized spacial score (nSPS) is 14.9. The number of rotatable bonds is 19. The van der Waals surface area contributed by atoms with Crippen LogP contribution in [0.1, 0.15) is 114 Å². The number of carbonyl (C=O) groups excluding carboxylic acids is 3. The summed E-state index contributed by atoms with van der Waals surface area (Å²) in [5.74, 6) is -0.673. The molecule has 2 rings (SSSR count). The van der Waals surface area contributed by atoms with Gasteiger partial charge < -0.3 is 19.7 Å². The molecular weight excluding hydrogens is 526 g/mol. The minimum Gasteiger partial charge on any atom is -0.493 e. The molecule has 0 spiro atoms. The minimum atomic E-state index is -0.831. The number of piperazine rings is 1. The van der Waals surface area contributed by atoms with Gasteiger partial charge in [-0.2, -0.15) is 0 Å². The van der Waals surface area contributed by atoms with Crippen molar-refractivity contribution in [3.8, 4) is 5.75 Å². The summed E-state index contributed by atoms with van der Waals surface area (Å²) in [6.07, 6.45) is 15.0. The standard InChI is InChI=1S/C31H49N3O5S/c1-3-5-7-8-9-10-11-12-13-17-23-39-28(35)24-26-30(37)32-20-21-34(26)31(40)33-29(36)25-18-14-15-19-27(25)38-22-16-6-4-2/h14-15,18-19,26H,3-13,16-17,20-24H2,1-2H3,(H,32,37)(H,33,36,40). The molecule has 2 N–H and O–H groups in total. The van der Waals surface area contributed by atoms with E-state index in [0.717, 1.165) is 38.5 Å². The summed E-state index contributed by atoms with van der Waals surface area (Å²) in [7, 11) is 0. The van der Waals surface area contributed by atoms with E-state index < -0.39 is 17.9 Å². The Bertz CT molecular complexity index is 926. The Kier molecular flexibility index (Phi) is 17.0. The van der Waals surface area contributed by atoms with Crippen LogP contribution < -0.4 is 15.4 Å². The van der Waals surface area contributed by atoms with Crippen molar-refractivity contribution in [2.45, 2.75) is 110 Å². The van der Waals surface area contributed by atoms with Crippen LogP contribution in [0, 0.1) is 0 Å². The maximum Gasteiger partial charge on any atom is 0.308 e. The Morgan fingerprint density at radius 1 is 0.925 bits per heavy atom. The molecule has 224 valence electrons. The first-order valence-electron chi connectivity index (χ1n) is 15.2. The lowest BCUT2D eigenvalue weighted by Crippen LogP contribution is -2.60. The van der Waals surface area contributed by atoms with E-state index in [1.165, 1.54) is 44.9 Å². The van der Waals surface area contributed by atoms with E-state index in [2.05, 4.69) is 24.5 Å². The first-order chi connectivity index (χ1) is 19.5. The van der Waals surface area contributed by atoms with Gasteiger partial charge in [0.15, 0.2) is 5.11 Å². The van der Waals surface area contributed by atoms with Crippen molar-refractivity contribution in [3.63, 3.8) is 0 Å². The van der Waals surface area contributed by atoms with Crippen LogP contribution in [0.5, 0.6) is 5.75 Å². The SMILES string of the molecule is CCCCCCCCCCCCOC(=O)CC1C(=O)NCCN1C(=S)NC(=O)c1ccccc1OCCCCC. The molecule has 0 saturated carbocycles. The molecule has 1 saturated heterocycles. The number of hydrogen-bond donors (Lipinski definition) is 2. The molecule has 1 heterocycles. The van der Waals surface area contributed by atoms with Crippen molar-refractivity contribution in [1.29, 1.82) is 0 Å². The van der Waals surface area contributed by atoms with E-state index in [0.29, 0.717) is 37.6 Å². The van der Waals surface area contributed by atoms with E-state index in [4.69, 9.17) is 21.7 Å². The zero-order valence-corrected chi connectivity index (χ0v) is 25.3. The van der Waals surface area contributed by atoms with Gasteiger partial charge in [-0.25, -0.2) is 0 Å². The van der Waals surface area contributed by atoms with E-state index >= 15 is 0 Å². The highest BCUT2D eigenvalue weighted by Crippen LogP contribution is 2.19. The van der Waals surface area contributed by atoms with Gasteiger partial charge in [0.25, 0.3) is 5.91 Å². The predicted octanol–water partition coefficient (Wildman–Crippen LogP) is 5.92. The minimum absolute atomic E-state index is 0.105. The lowest BCUT2D eigenvalue weighted by molar-refractivity contribution is -0.147. The molecule has 8 nitrogen and oxygen atoms in total. The molecule has 1 aromatic carbocycles. The lowest BCUT2D eigenvalue weighted by Gasteiger charge is -2.36. The number of carbonyl (C=O) groups is 3. The first-order valence-corrected chi connectivity index (χ1v) is 15.7. The number of hydrogen-bond acceptors (Lipinski definition) is 6. The van der Waals surface area contributed by atoms with E-state index in [-0.39, 0.29) is 17.4 Å². The van der Waals surface area contributed by atoms with Crippen molar-refractivity contribution in [1.82, 2.24) is 15.5 Å². The van der Waals surface area contributed by atoms with Crippen LogP contribution in [0.3, 0.4) is 0 Å². The third-order valence-electron chi connectivity index (χ3n) is 7.07. The number of esters is 1. The second-order valence-electron chi connectivity index (χ2n) is 10.4. The van der Waals surface area contributed by atoms with Crippen LogP contribution >= 0.6 is 12.2 Å². The lowest BCUT2D eigenvalue weighted by atomic mass is 10.1. The fourth-order valence-corrected chi connectivity index (χ4v) is 5.01. The van der Waals surface area contributed by atoms with Gasteiger partial charge in [-0.05, 0) is 37.2 Å². The molecule has 1 unspecified atom stereocenters. The van der Waals surface area contributed by atoms with E-state index in [1.54, 1.807) is 23.1 Å². The summed E-state index contributed by atoms with van der Waals surface area (Å²) in [4.78, 5) is 39.8. The third-order valence-corrected chi connectivity index (χ3v) is 7.41. The average molecular weight is 576 g/mol. The van der Waals surface area contributed by atoms with Gasteiger partial charge in [0, 0.05) is 13.1 Å². The summed E-state index contributed by atoms with van der Waals surface area (Å²) in [5, 5.41) is 5.61. The first kappa shape index (κ1) is 33.5. The molecule has 2 amide bonds. The van der Waals surface area contributed by atoms with Gasteiger partial charge in [-0.1, -0.05) is 96.6 Å². The summed E-state index contributed by atoms with van der Waals surface area (Å²) in [6, 6.07) is 6.18. The Morgan fingerprint density at radius 2 is 1.52 bits per heavy atom. The molecule has 1 atom stereocenters. The highest BCUT2D eigenvalue weighted by atomic mass is 32.1. The average Bonchev–Trinajstić information content (AvgIpc) is 2.95. The van der Waals surface area contributed by atoms with Crippen LogP contribution in [0.25, 0.3) is 0 Å². The summed E-state index contributed by atoms with van der Waals surface area (Å²) >= 11 is 5.51. The molecule has 0 aliphatic carbocycles. The second-order valence-corrected chi connectivity index (χ2v) is 10.8. The van der Waals surface area contributed by atoms with Gasteiger partial charge in [0.2, 0.25) is 5.91 Å². The fourth-order valence-electron chi connectivity index (χ4n) is 4.70. The van der Waals surface area contributed by atoms with Gasteiger partial charge in [-0.3, -0.25) is 19.7 Å². The number of nitrogens with zero attached hydrogens (tertiary/aromatic N) is 1. The Labute approximate surface area is 245 Å². The number of ether oxygens (including phenoxy) is 2. The highest BCUT2D eigenvalue weighted by Gasteiger charge is 2.34. The molecule has 9 heteroatoms. The summed E-state index contributed by atoms with van der Waals surface area (Å²) in [5.41, 5.74) is 0.371. The van der Waals surface area contributed by atoms with Crippen LogP contribution in [0.2, 0.25) is 0 Å². The number of unbranched alkanes of at least 4 members (excludes halogenated alkanes) is 11. The van der Waals surface area contributed by atoms with E-state index in [9.17, 15) is 14.4 Å². The Hall–Kier alpha value is -2.68. The van der Waals surface area contributed by atoms with Gasteiger partial charge in [0.1, 0.15) is 11.8 Å². The number of amides is 2. The van der Waals surface area contributed by atoms with Crippen molar-refractivity contribution in [2.75, 3.05) is 26.3 Å². The number of para-hydroxylation sites is 1. The molecular formula is C31H49N3O5S. The number of nitrogens with one attached hydrogen (secondary N) is 2. The molecule has 1 aliphatic rings. The highest BCUT2D eigenvalue weighted by molar-refractivity contribution is 7.80. The second kappa shape index (κ2) is 20.2. The molecule has 1 fully saturated rings. The Morgan fingerprint density at radius 3 is 2.23 bits per heavy atom. The summed E-state index contributed by atoms with van der Waals surface area (Å²) < 4.78 is 11.2. The van der Waals surface area contributed by atoms with Gasteiger partial charge in [0.05, 0.1) is 25.2 Å². The molecule has 0 bridgehead atoms.